The van der Waals surface area contributed by atoms with E-state index in [9.17, 15) is 4.39 Å². The third-order valence-electron chi connectivity index (χ3n) is 3.09. The Bertz CT molecular complexity index is 481. The van der Waals surface area contributed by atoms with Gasteiger partial charge in [0.05, 0.1) is 12.3 Å². The lowest BCUT2D eigenvalue weighted by Crippen LogP contribution is -2.23. The van der Waals surface area contributed by atoms with Crippen molar-refractivity contribution in [2.24, 2.45) is 0 Å². The average Bonchev–Trinajstić information content (AvgIpc) is 2.89. The number of halogens is 1. The third-order valence-corrected chi connectivity index (χ3v) is 3.09. The molecule has 1 unspecified atom stereocenters. The topological polar surface area (TPSA) is 25.2 Å². The van der Waals surface area contributed by atoms with E-state index < -0.39 is 0 Å². The minimum Gasteiger partial charge on any atom is -0.468 e. The lowest BCUT2D eigenvalue weighted by Gasteiger charge is -2.21. The van der Waals surface area contributed by atoms with E-state index in [1.54, 1.807) is 18.4 Å². The maximum absolute atomic E-state index is 13.2. The smallest absolute Gasteiger partial charge is 0.123 e. The van der Waals surface area contributed by atoms with E-state index >= 15 is 0 Å². The summed E-state index contributed by atoms with van der Waals surface area (Å²) in [6.45, 7) is 4.12. The molecule has 0 radical (unpaired) electrons. The summed E-state index contributed by atoms with van der Waals surface area (Å²) in [7, 11) is 0. The van der Waals surface area contributed by atoms with Gasteiger partial charge >= 0.3 is 0 Å². The Balaban J connectivity index is 2.08. The first-order valence-electron chi connectivity index (χ1n) is 6.25. The SMILES string of the molecule is CCC(N[C@H](C)c1cccc(F)c1)c1ccco1. The molecule has 0 aliphatic heterocycles. The fraction of sp³-hybridized carbons (Fsp3) is 0.333. The summed E-state index contributed by atoms with van der Waals surface area (Å²) >= 11 is 0. The predicted molar refractivity (Wildman–Crippen MR) is 69.7 cm³/mol. The lowest BCUT2D eigenvalue weighted by molar-refractivity contribution is 0.376. The van der Waals surface area contributed by atoms with E-state index in [2.05, 4.69) is 12.2 Å². The molecule has 2 rings (SSSR count). The van der Waals surface area contributed by atoms with Crippen molar-refractivity contribution in [2.75, 3.05) is 0 Å². The minimum absolute atomic E-state index is 0.0794. The quantitative estimate of drug-likeness (QED) is 0.855. The van der Waals surface area contributed by atoms with Crippen LogP contribution in [0, 0.1) is 5.82 Å². The van der Waals surface area contributed by atoms with Crippen molar-refractivity contribution < 1.29 is 8.81 Å². The van der Waals surface area contributed by atoms with Crippen LogP contribution in [0.2, 0.25) is 0 Å². The van der Waals surface area contributed by atoms with Crippen molar-refractivity contribution in [1.82, 2.24) is 5.32 Å². The molecule has 0 bridgehead atoms. The van der Waals surface area contributed by atoms with Gasteiger partial charge in [-0.1, -0.05) is 19.1 Å². The molecule has 0 amide bonds. The second-order valence-electron chi connectivity index (χ2n) is 4.42. The summed E-state index contributed by atoms with van der Waals surface area (Å²) in [5.74, 6) is 0.716. The predicted octanol–water partition coefficient (Wildman–Crippen LogP) is 4.22. The van der Waals surface area contributed by atoms with Gasteiger partial charge in [-0.3, -0.25) is 0 Å². The first-order valence-corrected chi connectivity index (χ1v) is 6.25. The number of nitrogens with one attached hydrogen (secondary N) is 1. The minimum atomic E-state index is -0.202. The lowest BCUT2D eigenvalue weighted by atomic mass is 10.1. The van der Waals surface area contributed by atoms with Crippen LogP contribution in [0.25, 0.3) is 0 Å². The Morgan fingerprint density at radius 2 is 2.11 bits per heavy atom. The number of furan rings is 1. The monoisotopic (exact) mass is 247 g/mol. The van der Waals surface area contributed by atoms with Crippen LogP contribution < -0.4 is 5.32 Å². The van der Waals surface area contributed by atoms with Crippen molar-refractivity contribution in [1.29, 1.82) is 0 Å². The Morgan fingerprint density at radius 1 is 1.28 bits per heavy atom. The van der Waals surface area contributed by atoms with Gasteiger partial charge in [0.25, 0.3) is 0 Å². The summed E-state index contributed by atoms with van der Waals surface area (Å²) < 4.78 is 18.6. The molecule has 1 heterocycles. The Morgan fingerprint density at radius 3 is 2.72 bits per heavy atom. The van der Waals surface area contributed by atoms with Crippen LogP contribution in [0.5, 0.6) is 0 Å². The number of hydrogen-bond donors (Lipinski definition) is 1. The van der Waals surface area contributed by atoms with Crippen molar-refractivity contribution >= 4 is 0 Å². The van der Waals surface area contributed by atoms with E-state index in [-0.39, 0.29) is 17.9 Å². The van der Waals surface area contributed by atoms with E-state index in [0.717, 1.165) is 17.7 Å². The van der Waals surface area contributed by atoms with E-state index in [0.29, 0.717) is 0 Å². The molecule has 0 aliphatic rings. The van der Waals surface area contributed by atoms with Crippen molar-refractivity contribution in [3.8, 4) is 0 Å². The van der Waals surface area contributed by atoms with Crippen LogP contribution in [0.3, 0.4) is 0 Å². The fourth-order valence-electron chi connectivity index (χ4n) is 2.06. The summed E-state index contributed by atoms with van der Waals surface area (Å²) in [6, 6.07) is 10.7. The molecule has 0 spiro atoms. The Labute approximate surface area is 107 Å². The average molecular weight is 247 g/mol. The molecule has 96 valence electrons. The van der Waals surface area contributed by atoms with Crippen molar-refractivity contribution in [2.45, 2.75) is 32.4 Å². The largest absolute Gasteiger partial charge is 0.468 e. The first kappa shape index (κ1) is 12.8. The third kappa shape index (κ3) is 2.99. The highest BCUT2D eigenvalue weighted by Gasteiger charge is 2.15. The van der Waals surface area contributed by atoms with Gasteiger partial charge in [0, 0.05) is 6.04 Å². The van der Waals surface area contributed by atoms with Crippen LogP contribution in [0.4, 0.5) is 4.39 Å². The molecule has 0 saturated carbocycles. The number of benzene rings is 1. The standard InChI is InChI=1S/C15H18FNO/c1-3-14(15-8-5-9-18-15)17-11(2)12-6-4-7-13(16)10-12/h4-11,14,17H,3H2,1-2H3/t11-,14?/m1/s1. The second-order valence-corrected chi connectivity index (χ2v) is 4.42. The van der Waals surface area contributed by atoms with Gasteiger partial charge in [0.2, 0.25) is 0 Å². The summed E-state index contributed by atoms with van der Waals surface area (Å²) in [5, 5.41) is 3.45. The molecule has 2 nitrogen and oxygen atoms in total. The zero-order chi connectivity index (χ0) is 13.0. The van der Waals surface area contributed by atoms with Gasteiger partial charge in [-0.15, -0.1) is 0 Å². The summed E-state index contributed by atoms with van der Waals surface area (Å²) in [5.41, 5.74) is 0.944. The first-order chi connectivity index (χ1) is 8.70. The maximum Gasteiger partial charge on any atom is 0.123 e. The number of hydrogen-bond acceptors (Lipinski definition) is 2. The van der Waals surface area contributed by atoms with Crippen LogP contribution in [-0.2, 0) is 0 Å². The van der Waals surface area contributed by atoms with Gasteiger partial charge in [-0.25, -0.2) is 4.39 Å². The molecule has 2 aromatic rings. The molecule has 0 aliphatic carbocycles. The van der Waals surface area contributed by atoms with Crippen LogP contribution in [-0.4, -0.2) is 0 Å². The Hall–Kier alpha value is -1.61. The van der Waals surface area contributed by atoms with Gasteiger partial charge < -0.3 is 9.73 Å². The molecule has 1 aromatic heterocycles. The van der Waals surface area contributed by atoms with Crippen LogP contribution >= 0.6 is 0 Å². The van der Waals surface area contributed by atoms with Crippen molar-refractivity contribution in [3.05, 3.63) is 59.8 Å². The second kappa shape index (κ2) is 5.83. The van der Waals surface area contributed by atoms with E-state index in [1.807, 2.05) is 25.1 Å². The van der Waals surface area contributed by atoms with E-state index in [1.165, 1.54) is 6.07 Å². The zero-order valence-corrected chi connectivity index (χ0v) is 10.7. The maximum atomic E-state index is 13.2. The molecular formula is C15H18FNO. The van der Waals surface area contributed by atoms with Gasteiger partial charge in [-0.2, -0.15) is 0 Å². The highest BCUT2D eigenvalue weighted by Crippen LogP contribution is 2.22. The highest BCUT2D eigenvalue weighted by atomic mass is 19.1. The molecule has 1 N–H and O–H groups in total. The molecule has 18 heavy (non-hydrogen) atoms. The Kier molecular flexibility index (Phi) is 4.15. The van der Waals surface area contributed by atoms with Crippen LogP contribution in [0.1, 0.15) is 43.7 Å². The fourth-order valence-corrected chi connectivity index (χ4v) is 2.06. The molecule has 0 fully saturated rings. The zero-order valence-electron chi connectivity index (χ0n) is 10.7. The van der Waals surface area contributed by atoms with Crippen LogP contribution in [0.15, 0.2) is 47.1 Å². The van der Waals surface area contributed by atoms with Gasteiger partial charge in [0.1, 0.15) is 11.6 Å². The molecule has 0 saturated heterocycles. The molecule has 3 heteroatoms. The molecule has 1 aromatic carbocycles. The van der Waals surface area contributed by atoms with Crippen molar-refractivity contribution in [3.63, 3.8) is 0 Å². The van der Waals surface area contributed by atoms with Gasteiger partial charge in [0.15, 0.2) is 0 Å². The molecular weight excluding hydrogens is 229 g/mol. The van der Waals surface area contributed by atoms with E-state index in [4.69, 9.17) is 4.42 Å². The van der Waals surface area contributed by atoms with Gasteiger partial charge in [-0.05, 0) is 43.2 Å². The highest BCUT2D eigenvalue weighted by molar-refractivity contribution is 5.20. The number of rotatable bonds is 5. The summed E-state index contributed by atoms with van der Waals surface area (Å²) in [6.07, 6.45) is 2.60. The summed E-state index contributed by atoms with van der Waals surface area (Å²) in [4.78, 5) is 0. The normalized spacial score (nSPS) is 14.4. The molecule has 2 atom stereocenters.